The third kappa shape index (κ3) is 5.71. The Hall–Kier alpha value is -4.42. The van der Waals surface area contributed by atoms with Crippen LogP contribution in [-0.2, 0) is 14.8 Å². The van der Waals surface area contributed by atoms with Gasteiger partial charge in [-0.2, -0.15) is 0 Å². The molecule has 2 aromatic heterocycles. The van der Waals surface area contributed by atoms with Gasteiger partial charge in [0, 0.05) is 11.8 Å². The number of benzene rings is 3. The number of para-hydroxylation sites is 2. The van der Waals surface area contributed by atoms with E-state index in [1.165, 1.54) is 34.9 Å². The fourth-order valence-corrected chi connectivity index (χ4v) is 5.69. The Bertz CT molecular complexity index is 1820. The van der Waals surface area contributed by atoms with E-state index in [2.05, 4.69) is 20.2 Å². The SMILES string of the molecule is Cc1cc(NS(=O)(=O)c2ccc(NC(=O)C(C)Sc3nc4ccccc4c(=O)n3-c3ccccc3)cc2)no1. The molecule has 0 fully saturated rings. The maximum Gasteiger partial charge on any atom is 0.266 e. The zero-order valence-corrected chi connectivity index (χ0v) is 22.5. The van der Waals surface area contributed by atoms with E-state index in [0.29, 0.717) is 33.2 Å². The number of nitrogens with zero attached hydrogens (tertiary/aromatic N) is 3. The van der Waals surface area contributed by atoms with Crippen LogP contribution in [0.3, 0.4) is 0 Å². The molecule has 0 spiro atoms. The second-order valence-electron chi connectivity index (χ2n) is 8.59. The van der Waals surface area contributed by atoms with Crippen LogP contribution in [0.4, 0.5) is 11.5 Å². The van der Waals surface area contributed by atoms with E-state index < -0.39 is 15.3 Å². The Balaban J connectivity index is 1.34. The molecule has 0 radical (unpaired) electrons. The van der Waals surface area contributed by atoms with Crippen LogP contribution in [0.25, 0.3) is 16.6 Å². The van der Waals surface area contributed by atoms with Crippen molar-refractivity contribution < 1.29 is 17.7 Å². The van der Waals surface area contributed by atoms with Crippen LogP contribution in [-0.4, -0.2) is 34.3 Å². The minimum atomic E-state index is -3.89. The lowest BCUT2D eigenvalue weighted by molar-refractivity contribution is -0.115. The first-order valence-corrected chi connectivity index (χ1v) is 14.2. The molecule has 2 heterocycles. The molecular formula is C27H23N5O5S2. The van der Waals surface area contributed by atoms with E-state index in [0.717, 1.165) is 11.8 Å². The van der Waals surface area contributed by atoms with Crippen molar-refractivity contribution in [1.29, 1.82) is 0 Å². The van der Waals surface area contributed by atoms with E-state index >= 15 is 0 Å². The predicted octanol–water partition coefficient (Wildman–Crippen LogP) is 4.60. The van der Waals surface area contributed by atoms with Crippen molar-refractivity contribution in [3.63, 3.8) is 0 Å². The van der Waals surface area contributed by atoms with E-state index in [1.54, 1.807) is 50.2 Å². The van der Waals surface area contributed by atoms with E-state index in [9.17, 15) is 18.0 Å². The van der Waals surface area contributed by atoms with Gasteiger partial charge in [-0.25, -0.2) is 13.4 Å². The molecule has 0 aliphatic carbocycles. The molecule has 0 aliphatic rings. The molecule has 5 rings (SSSR count). The summed E-state index contributed by atoms with van der Waals surface area (Å²) in [4.78, 5) is 31.1. The van der Waals surface area contributed by atoms with Crippen LogP contribution < -0.4 is 15.6 Å². The fraction of sp³-hybridized carbons (Fsp3) is 0.111. The Morgan fingerprint density at radius 1 is 1.00 bits per heavy atom. The first kappa shape index (κ1) is 26.2. The quantitative estimate of drug-likeness (QED) is 0.207. The van der Waals surface area contributed by atoms with Crippen LogP contribution in [0, 0.1) is 6.92 Å². The van der Waals surface area contributed by atoms with Gasteiger partial charge < -0.3 is 9.84 Å². The first-order chi connectivity index (χ1) is 18.7. The zero-order valence-electron chi connectivity index (χ0n) is 20.9. The van der Waals surface area contributed by atoms with Gasteiger partial charge in [0.1, 0.15) is 5.76 Å². The van der Waals surface area contributed by atoms with Crippen LogP contribution >= 0.6 is 11.8 Å². The molecule has 39 heavy (non-hydrogen) atoms. The molecular weight excluding hydrogens is 538 g/mol. The van der Waals surface area contributed by atoms with Crippen molar-refractivity contribution in [1.82, 2.24) is 14.7 Å². The number of fused-ring (bicyclic) bond motifs is 1. The first-order valence-electron chi connectivity index (χ1n) is 11.8. The van der Waals surface area contributed by atoms with E-state index in [1.807, 2.05) is 18.2 Å². The average molecular weight is 562 g/mol. The number of amides is 1. The standard InChI is InChI=1S/C27H23N5O5S2/c1-17-16-24(30-37-17)31-39(35,36)21-14-12-19(13-15-21)28-25(33)18(2)38-27-29-23-11-7-6-10-22(23)26(34)32(27)20-8-4-3-5-9-20/h3-16,18H,1-2H3,(H,28,33)(H,30,31). The molecule has 1 amide bonds. The van der Waals surface area contributed by atoms with Crippen molar-refractivity contribution in [2.75, 3.05) is 10.0 Å². The number of hydrogen-bond acceptors (Lipinski definition) is 8. The lowest BCUT2D eigenvalue weighted by atomic mass is 10.2. The summed E-state index contributed by atoms with van der Waals surface area (Å²) in [7, 11) is -3.89. The highest BCUT2D eigenvalue weighted by Gasteiger charge is 2.21. The molecule has 1 atom stereocenters. The summed E-state index contributed by atoms with van der Waals surface area (Å²) in [5.74, 6) is 0.207. The summed E-state index contributed by atoms with van der Waals surface area (Å²) >= 11 is 1.15. The Morgan fingerprint density at radius 2 is 1.69 bits per heavy atom. The van der Waals surface area contributed by atoms with Crippen molar-refractivity contribution in [2.45, 2.75) is 29.1 Å². The monoisotopic (exact) mass is 561 g/mol. The van der Waals surface area contributed by atoms with E-state index in [4.69, 9.17) is 4.52 Å². The Labute approximate surface area is 228 Å². The molecule has 0 saturated carbocycles. The number of sulfonamides is 1. The molecule has 3 aromatic carbocycles. The van der Waals surface area contributed by atoms with Gasteiger partial charge in [0.15, 0.2) is 11.0 Å². The largest absolute Gasteiger partial charge is 0.360 e. The molecule has 198 valence electrons. The highest BCUT2D eigenvalue weighted by Crippen LogP contribution is 2.26. The predicted molar refractivity (Wildman–Crippen MR) is 150 cm³/mol. The molecule has 2 N–H and O–H groups in total. The van der Waals surface area contributed by atoms with Gasteiger partial charge >= 0.3 is 0 Å². The third-order valence-electron chi connectivity index (χ3n) is 5.71. The Morgan fingerprint density at radius 3 is 2.38 bits per heavy atom. The van der Waals surface area contributed by atoms with Gasteiger partial charge in [0.25, 0.3) is 15.6 Å². The maximum absolute atomic E-state index is 13.4. The molecule has 10 nitrogen and oxygen atoms in total. The number of nitrogens with one attached hydrogen (secondary N) is 2. The second kappa shape index (κ2) is 10.8. The topological polar surface area (TPSA) is 136 Å². The van der Waals surface area contributed by atoms with Gasteiger partial charge in [-0.3, -0.25) is 18.9 Å². The summed E-state index contributed by atoms with van der Waals surface area (Å²) in [5, 5.41) is 6.65. The molecule has 0 aliphatic heterocycles. The van der Waals surface area contributed by atoms with Crippen molar-refractivity contribution in [3.8, 4) is 5.69 Å². The molecule has 12 heteroatoms. The van der Waals surface area contributed by atoms with Gasteiger partial charge in [0.05, 0.1) is 26.7 Å². The van der Waals surface area contributed by atoms with Gasteiger partial charge in [-0.1, -0.05) is 47.3 Å². The second-order valence-corrected chi connectivity index (χ2v) is 11.6. The number of rotatable bonds is 8. The highest BCUT2D eigenvalue weighted by atomic mass is 32.2. The van der Waals surface area contributed by atoms with E-state index in [-0.39, 0.29) is 22.2 Å². The zero-order chi connectivity index (χ0) is 27.6. The van der Waals surface area contributed by atoms with Crippen LogP contribution in [0.15, 0.2) is 104 Å². The summed E-state index contributed by atoms with van der Waals surface area (Å²) in [5.41, 5.74) is 1.36. The summed E-state index contributed by atoms with van der Waals surface area (Å²) < 4.78 is 33.9. The smallest absolute Gasteiger partial charge is 0.266 e. The van der Waals surface area contributed by atoms with Crippen LogP contribution in [0.1, 0.15) is 12.7 Å². The summed E-state index contributed by atoms with van der Waals surface area (Å²) in [6, 6.07) is 23.4. The third-order valence-corrected chi connectivity index (χ3v) is 8.13. The highest BCUT2D eigenvalue weighted by molar-refractivity contribution is 8.00. The van der Waals surface area contributed by atoms with Gasteiger partial charge in [-0.15, -0.1) is 0 Å². The lowest BCUT2D eigenvalue weighted by Gasteiger charge is -2.16. The van der Waals surface area contributed by atoms with Crippen molar-refractivity contribution >= 4 is 50.1 Å². The Kier molecular flexibility index (Phi) is 7.22. The molecule has 0 bridgehead atoms. The number of hydrogen-bond donors (Lipinski definition) is 2. The lowest BCUT2D eigenvalue weighted by Crippen LogP contribution is -2.26. The number of thioether (sulfide) groups is 1. The van der Waals surface area contributed by atoms with Crippen molar-refractivity contribution in [2.24, 2.45) is 0 Å². The van der Waals surface area contributed by atoms with Crippen LogP contribution in [0.5, 0.6) is 0 Å². The maximum atomic E-state index is 13.4. The van der Waals surface area contributed by atoms with Crippen LogP contribution in [0.2, 0.25) is 0 Å². The number of aromatic nitrogens is 3. The van der Waals surface area contributed by atoms with Crippen molar-refractivity contribution in [3.05, 3.63) is 101 Å². The number of carbonyl (C=O) groups is 1. The van der Waals surface area contributed by atoms with Gasteiger partial charge in [-0.05, 0) is 62.4 Å². The molecule has 5 aromatic rings. The molecule has 1 unspecified atom stereocenters. The minimum Gasteiger partial charge on any atom is -0.360 e. The summed E-state index contributed by atoms with van der Waals surface area (Å²) in [6.07, 6.45) is 0. The summed E-state index contributed by atoms with van der Waals surface area (Å²) in [6.45, 7) is 3.36. The number of aryl methyl sites for hydroxylation is 1. The number of anilines is 2. The normalized spacial score (nSPS) is 12.3. The van der Waals surface area contributed by atoms with Gasteiger partial charge in [0.2, 0.25) is 5.91 Å². The molecule has 0 saturated heterocycles. The average Bonchev–Trinajstić information content (AvgIpc) is 3.33. The minimum absolute atomic E-state index is 0.00387. The number of carbonyl (C=O) groups excluding carboxylic acids is 1. The fourth-order valence-electron chi connectivity index (χ4n) is 3.78.